The van der Waals surface area contributed by atoms with E-state index in [0.717, 1.165) is 6.42 Å². The first kappa shape index (κ1) is 21.0. The standard InChI is InChI=1S/C20H21N3O4S/c1-3-11-21-18(25)15-9-4-5-10-16(15)22-20(28)23-17(24)13-7-6-8-14(12-13)19(26)27-2/h4-10,12H,3,11H2,1-2H3,(H,21,25)(H2,22,23,24,28). The van der Waals surface area contributed by atoms with Gasteiger partial charge in [0.1, 0.15) is 0 Å². The van der Waals surface area contributed by atoms with E-state index in [1.165, 1.54) is 13.2 Å². The molecule has 3 N–H and O–H groups in total. The Morgan fingerprint density at radius 2 is 1.71 bits per heavy atom. The molecule has 0 aliphatic heterocycles. The van der Waals surface area contributed by atoms with E-state index < -0.39 is 11.9 Å². The van der Waals surface area contributed by atoms with Crippen LogP contribution in [0.15, 0.2) is 48.5 Å². The molecule has 0 atom stereocenters. The average molecular weight is 399 g/mol. The van der Waals surface area contributed by atoms with Gasteiger partial charge in [-0.2, -0.15) is 0 Å². The maximum absolute atomic E-state index is 12.4. The van der Waals surface area contributed by atoms with E-state index in [0.29, 0.717) is 17.8 Å². The molecule has 2 aromatic carbocycles. The summed E-state index contributed by atoms with van der Waals surface area (Å²) in [4.78, 5) is 36.3. The number of para-hydroxylation sites is 1. The van der Waals surface area contributed by atoms with Gasteiger partial charge in [-0.05, 0) is 49.0 Å². The highest BCUT2D eigenvalue weighted by molar-refractivity contribution is 7.80. The first-order valence-corrected chi connectivity index (χ1v) is 9.05. The summed E-state index contributed by atoms with van der Waals surface area (Å²) in [6, 6.07) is 12.9. The van der Waals surface area contributed by atoms with Crippen LogP contribution in [0.5, 0.6) is 0 Å². The molecular formula is C20H21N3O4S. The zero-order valence-electron chi connectivity index (χ0n) is 15.6. The van der Waals surface area contributed by atoms with Crippen molar-refractivity contribution < 1.29 is 19.1 Å². The minimum absolute atomic E-state index is 0.0317. The summed E-state index contributed by atoms with van der Waals surface area (Å²) in [5.74, 6) is -1.26. The second kappa shape index (κ2) is 10.2. The van der Waals surface area contributed by atoms with Gasteiger partial charge in [0.2, 0.25) is 0 Å². The number of thiocarbonyl (C=S) groups is 1. The lowest BCUT2D eigenvalue weighted by Crippen LogP contribution is -2.35. The quantitative estimate of drug-likeness (QED) is 0.511. The van der Waals surface area contributed by atoms with Gasteiger partial charge in [0.15, 0.2) is 5.11 Å². The van der Waals surface area contributed by atoms with Crippen LogP contribution in [0.25, 0.3) is 0 Å². The maximum atomic E-state index is 12.4. The molecule has 0 radical (unpaired) electrons. The molecule has 2 aromatic rings. The second-order valence-corrected chi connectivity index (χ2v) is 6.19. The predicted molar refractivity (Wildman–Crippen MR) is 111 cm³/mol. The molecule has 0 fully saturated rings. The summed E-state index contributed by atoms with van der Waals surface area (Å²) < 4.78 is 4.65. The van der Waals surface area contributed by atoms with Gasteiger partial charge in [0, 0.05) is 12.1 Å². The smallest absolute Gasteiger partial charge is 0.337 e. The number of hydrogen-bond donors (Lipinski definition) is 3. The van der Waals surface area contributed by atoms with Crippen molar-refractivity contribution in [3.05, 3.63) is 65.2 Å². The van der Waals surface area contributed by atoms with Crippen LogP contribution in [-0.2, 0) is 4.74 Å². The van der Waals surface area contributed by atoms with E-state index in [4.69, 9.17) is 12.2 Å². The van der Waals surface area contributed by atoms with Crippen LogP contribution < -0.4 is 16.0 Å². The molecule has 7 nitrogen and oxygen atoms in total. The predicted octanol–water partition coefficient (Wildman–Crippen LogP) is 2.74. The summed E-state index contributed by atoms with van der Waals surface area (Å²) in [6.45, 7) is 2.52. The number of anilines is 1. The van der Waals surface area contributed by atoms with Crippen LogP contribution in [0.3, 0.4) is 0 Å². The van der Waals surface area contributed by atoms with Crippen molar-refractivity contribution in [2.24, 2.45) is 0 Å². The third-order valence-electron chi connectivity index (χ3n) is 3.73. The number of benzene rings is 2. The van der Waals surface area contributed by atoms with Crippen molar-refractivity contribution in [3.8, 4) is 0 Å². The average Bonchev–Trinajstić information content (AvgIpc) is 2.71. The third-order valence-corrected chi connectivity index (χ3v) is 3.93. The number of carbonyl (C=O) groups excluding carboxylic acids is 3. The van der Waals surface area contributed by atoms with E-state index in [9.17, 15) is 14.4 Å². The molecule has 0 saturated heterocycles. The number of carbonyl (C=O) groups is 3. The molecule has 2 rings (SSSR count). The lowest BCUT2D eigenvalue weighted by atomic mass is 10.1. The molecule has 146 valence electrons. The van der Waals surface area contributed by atoms with Crippen LogP contribution in [0.2, 0.25) is 0 Å². The fraction of sp³-hybridized carbons (Fsp3) is 0.200. The second-order valence-electron chi connectivity index (χ2n) is 5.78. The van der Waals surface area contributed by atoms with Crippen LogP contribution in [-0.4, -0.2) is 36.6 Å². The zero-order valence-corrected chi connectivity index (χ0v) is 16.4. The van der Waals surface area contributed by atoms with Crippen LogP contribution in [0.4, 0.5) is 5.69 Å². The molecule has 8 heteroatoms. The minimum atomic E-state index is -0.539. The van der Waals surface area contributed by atoms with Crippen molar-refractivity contribution in [2.75, 3.05) is 19.0 Å². The molecule has 0 aromatic heterocycles. The number of rotatable bonds is 6. The normalized spacial score (nSPS) is 9.93. The van der Waals surface area contributed by atoms with Gasteiger partial charge in [-0.3, -0.25) is 14.9 Å². The van der Waals surface area contributed by atoms with Crippen molar-refractivity contribution in [1.29, 1.82) is 0 Å². The SMILES string of the molecule is CCCNC(=O)c1ccccc1NC(=S)NC(=O)c1cccc(C(=O)OC)c1. The van der Waals surface area contributed by atoms with Gasteiger partial charge >= 0.3 is 5.97 Å². The highest BCUT2D eigenvalue weighted by Gasteiger charge is 2.14. The highest BCUT2D eigenvalue weighted by atomic mass is 32.1. The van der Waals surface area contributed by atoms with E-state index in [1.807, 2.05) is 6.92 Å². The molecule has 0 unspecified atom stereocenters. The lowest BCUT2D eigenvalue weighted by Gasteiger charge is -2.13. The molecule has 0 aliphatic rings. The minimum Gasteiger partial charge on any atom is -0.465 e. The van der Waals surface area contributed by atoms with Crippen molar-refractivity contribution in [2.45, 2.75) is 13.3 Å². The van der Waals surface area contributed by atoms with Crippen LogP contribution in [0.1, 0.15) is 44.4 Å². The number of nitrogens with one attached hydrogen (secondary N) is 3. The summed E-state index contributed by atoms with van der Waals surface area (Å²) >= 11 is 5.19. The Balaban J connectivity index is 2.08. The van der Waals surface area contributed by atoms with Crippen LogP contribution >= 0.6 is 12.2 Å². The Bertz CT molecular complexity index is 899. The number of methoxy groups -OCH3 is 1. The maximum Gasteiger partial charge on any atom is 0.337 e. The van der Waals surface area contributed by atoms with Gasteiger partial charge in [-0.15, -0.1) is 0 Å². The van der Waals surface area contributed by atoms with Gasteiger partial charge in [-0.1, -0.05) is 25.1 Å². The number of amides is 2. The Hall–Kier alpha value is -3.26. The summed E-state index contributed by atoms with van der Waals surface area (Å²) in [7, 11) is 1.27. The van der Waals surface area contributed by atoms with Crippen molar-refractivity contribution >= 4 is 40.8 Å². The van der Waals surface area contributed by atoms with E-state index in [2.05, 4.69) is 20.7 Å². The van der Waals surface area contributed by atoms with Gasteiger partial charge < -0.3 is 15.4 Å². The van der Waals surface area contributed by atoms with Crippen molar-refractivity contribution in [1.82, 2.24) is 10.6 Å². The Labute approximate surface area is 168 Å². The molecule has 0 bridgehead atoms. The van der Waals surface area contributed by atoms with Crippen LogP contribution in [0, 0.1) is 0 Å². The number of hydrogen-bond acceptors (Lipinski definition) is 5. The molecule has 0 spiro atoms. The zero-order chi connectivity index (χ0) is 20.5. The summed E-state index contributed by atoms with van der Waals surface area (Å²) in [6.07, 6.45) is 0.820. The molecule has 0 saturated carbocycles. The summed E-state index contributed by atoms with van der Waals surface area (Å²) in [5.41, 5.74) is 1.40. The third kappa shape index (κ3) is 5.62. The lowest BCUT2D eigenvalue weighted by molar-refractivity contribution is 0.0600. The van der Waals surface area contributed by atoms with Gasteiger partial charge in [0.05, 0.1) is 23.9 Å². The molecule has 2 amide bonds. The number of ether oxygens (including phenoxy) is 1. The first-order valence-electron chi connectivity index (χ1n) is 8.64. The first-order chi connectivity index (χ1) is 13.5. The van der Waals surface area contributed by atoms with Crippen molar-refractivity contribution in [3.63, 3.8) is 0 Å². The molecule has 0 aliphatic carbocycles. The summed E-state index contributed by atoms with van der Waals surface area (Å²) in [5, 5.41) is 8.23. The molecular weight excluding hydrogens is 378 g/mol. The Morgan fingerprint density at radius 1 is 1.00 bits per heavy atom. The van der Waals surface area contributed by atoms with Gasteiger partial charge in [-0.25, -0.2) is 4.79 Å². The fourth-order valence-corrected chi connectivity index (χ4v) is 2.56. The molecule has 28 heavy (non-hydrogen) atoms. The van der Waals surface area contributed by atoms with E-state index in [-0.39, 0.29) is 22.1 Å². The van der Waals surface area contributed by atoms with Gasteiger partial charge in [0.25, 0.3) is 11.8 Å². The molecule has 0 heterocycles. The topological polar surface area (TPSA) is 96.5 Å². The largest absolute Gasteiger partial charge is 0.465 e. The Kier molecular flexibility index (Phi) is 7.65. The Morgan fingerprint density at radius 3 is 2.43 bits per heavy atom. The monoisotopic (exact) mass is 399 g/mol. The fourth-order valence-electron chi connectivity index (χ4n) is 2.36. The highest BCUT2D eigenvalue weighted by Crippen LogP contribution is 2.15. The number of esters is 1. The van der Waals surface area contributed by atoms with E-state index >= 15 is 0 Å². The van der Waals surface area contributed by atoms with E-state index in [1.54, 1.807) is 42.5 Å².